The minimum atomic E-state index is -5.57. The number of nitrogens with two attached hydrogens (primary N) is 1. The number of alkyl halides is 8. The second kappa shape index (κ2) is 8.95. The number of nitrogens with zero attached hydrogens (tertiary/aromatic N) is 4. The van der Waals surface area contributed by atoms with Gasteiger partial charge in [-0.3, -0.25) is 9.69 Å². The molecule has 0 aliphatic carbocycles. The lowest BCUT2D eigenvalue weighted by Gasteiger charge is -2.32. The Bertz CT molecular complexity index is 1230. The molecule has 0 atom stereocenters. The molecule has 1 aliphatic rings. The lowest BCUT2D eigenvalue weighted by molar-refractivity contribution is -0.185. The summed E-state index contributed by atoms with van der Waals surface area (Å²) < 4.78 is 121. The Morgan fingerprint density at radius 1 is 1.16 bits per heavy atom. The van der Waals surface area contributed by atoms with Gasteiger partial charge in [0.25, 0.3) is 5.91 Å². The molecule has 17 heteroatoms. The Morgan fingerprint density at radius 3 is 2.27 bits per heavy atom. The highest BCUT2D eigenvalue weighted by atomic mass is 19.4. The van der Waals surface area contributed by atoms with Crippen LogP contribution in [0, 0.1) is 5.82 Å². The van der Waals surface area contributed by atoms with Crippen LogP contribution in [0.1, 0.15) is 36.2 Å². The zero-order chi connectivity index (χ0) is 28.1. The monoisotopic (exact) mass is 544 g/mol. The number of rotatable bonds is 5. The molecule has 3 rings (SSSR count). The zero-order valence-electron chi connectivity index (χ0n) is 18.8. The maximum absolute atomic E-state index is 14.8. The summed E-state index contributed by atoms with van der Waals surface area (Å²) >= 11 is 0. The molecular formula is C20H17F9N6O2. The second-order valence-corrected chi connectivity index (χ2v) is 8.63. The molecule has 1 fully saturated rings. The molecule has 0 saturated carbocycles. The fraction of sp³-hybridized carbons (Fsp3) is 0.400. The first kappa shape index (κ1) is 27.8. The molecular weight excluding hydrogens is 527 g/mol. The molecule has 2 heterocycles. The Balaban J connectivity index is 2.10. The van der Waals surface area contributed by atoms with Crippen LogP contribution in [0.4, 0.5) is 61.8 Å². The number of anilines is 3. The average molecular weight is 544 g/mol. The summed E-state index contributed by atoms with van der Waals surface area (Å²) in [6.45, 7) is 3.31. The van der Waals surface area contributed by atoms with Gasteiger partial charge in [-0.1, -0.05) is 0 Å². The number of hydrogen-bond donors (Lipinski definition) is 2. The standard InChI is InChI=1S/C20H17F9N6O2/c1-17(2)8-34(16(37)33-17)15-31-6-10(13(30)32-15)14(36)35(19(25,26)7-18(22,23)24)9-3-4-12(21)11(5-9)20(27,28)29/h3-6H,7-8H2,1-2H3,(H,33,37)(H2,30,31,32). The van der Waals surface area contributed by atoms with E-state index in [1.54, 1.807) is 13.8 Å². The lowest BCUT2D eigenvalue weighted by Crippen LogP contribution is -2.49. The SMILES string of the molecule is CC1(C)CN(c2ncc(C(=O)N(c3ccc(F)c(C(F)(F)F)c3)C(F)(F)CC(F)(F)F)c(N)n2)C(=O)N1. The predicted octanol–water partition coefficient (Wildman–Crippen LogP) is 4.72. The van der Waals surface area contributed by atoms with E-state index in [0.717, 1.165) is 4.90 Å². The van der Waals surface area contributed by atoms with E-state index >= 15 is 0 Å². The minimum absolute atomic E-state index is 0.0180. The first-order valence-corrected chi connectivity index (χ1v) is 10.1. The Kier molecular flexibility index (Phi) is 6.72. The number of halogens is 9. The van der Waals surface area contributed by atoms with Crippen LogP contribution in [0.2, 0.25) is 0 Å². The van der Waals surface area contributed by atoms with Crippen LogP contribution in [-0.4, -0.2) is 46.2 Å². The molecule has 1 aromatic carbocycles. The van der Waals surface area contributed by atoms with Gasteiger partial charge in [0.1, 0.15) is 23.6 Å². The summed E-state index contributed by atoms with van der Waals surface area (Å²) in [5.74, 6) is -5.17. The van der Waals surface area contributed by atoms with E-state index in [0.29, 0.717) is 6.20 Å². The highest BCUT2D eigenvalue weighted by molar-refractivity contribution is 6.09. The molecule has 1 aromatic heterocycles. The third-order valence-electron chi connectivity index (χ3n) is 4.98. The van der Waals surface area contributed by atoms with E-state index in [2.05, 4.69) is 15.3 Å². The normalized spacial score (nSPS) is 16.1. The van der Waals surface area contributed by atoms with Crippen molar-refractivity contribution < 1.29 is 49.1 Å². The maximum atomic E-state index is 14.8. The summed E-state index contributed by atoms with van der Waals surface area (Å²) in [6, 6.07) is -5.72. The van der Waals surface area contributed by atoms with Gasteiger partial charge in [0.2, 0.25) is 5.95 Å². The van der Waals surface area contributed by atoms with E-state index in [-0.39, 0.29) is 30.7 Å². The van der Waals surface area contributed by atoms with Crippen molar-refractivity contribution in [1.82, 2.24) is 15.3 Å². The topological polar surface area (TPSA) is 104 Å². The summed E-state index contributed by atoms with van der Waals surface area (Å²) in [5.41, 5.74) is 0.390. The molecule has 8 nitrogen and oxygen atoms in total. The van der Waals surface area contributed by atoms with Crippen LogP contribution < -0.4 is 20.9 Å². The first-order chi connectivity index (χ1) is 16.7. The second-order valence-electron chi connectivity index (χ2n) is 8.63. The molecule has 0 radical (unpaired) electrons. The molecule has 1 aliphatic heterocycles. The van der Waals surface area contributed by atoms with E-state index in [1.165, 1.54) is 0 Å². The zero-order valence-corrected chi connectivity index (χ0v) is 18.8. The highest BCUT2D eigenvalue weighted by Crippen LogP contribution is 2.41. The number of amides is 3. The Labute approximate surface area is 202 Å². The van der Waals surface area contributed by atoms with E-state index < -0.39 is 75.6 Å². The summed E-state index contributed by atoms with van der Waals surface area (Å²) in [4.78, 5) is 32.5. The summed E-state index contributed by atoms with van der Waals surface area (Å²) in [5, 5.41) is 2.56. The van der Waals surface area contributed by atoms with Crippen LogP contribution in [0.25, 0.3) is 0 Å². The average Bonchev–Trinajstić information content (AvgIpc) is 2.98. The largest absolute Gasteiger partial charge is 0.419 e. The van der Waals surface area contributed by atoms with Crippen molar-refractivity contribution in [3.8, 4) is 0 Å². The van der Waals surface area contributed by atoms with Crippen molar-refractivity contribution in [1.29, 1.82) is 0 Å². The number of benzene rings is 1. The van der Waals surface area contributed by atoms with Crippen LogP contribution in [0.5, 0.6) is 0 Å². The van der Waals surface area contributed by atoms with Gasteiger partial charge in [0, 0.05) is 6.20 Å². The minimum Gasteiger partial charge on any atom is -0.383 e. The molecule has 202 valence electrons. The molecule has 3 amide bonds. The van der Waals surface area contributed by atoms with Gasteiger partial charge in [-0.2, -0.15) is 40.1 Å². The fourth-order valence-corrected chi connectivity index (χ4v) is 3.47. The van der Waals surface area contributed by atoms with Crippen molar-refractivity contribution in [2.24, 2.45) is 0 Å². The van der Waals surface area contributed by atoms with E-state index in [1.807, 2.05) is 0 Å². The van der Waals surface area contributed by atoms with Crippen molar-refractivity contribution in [2.75, 3.05) is 22.1 Å². The molecule has 2 aromatic rings. The van der Waals surface area contributed by atoms with Gasteiger partial charge in [-0.15, -0.1) is 0 Å². The van der Waals surface area contributed by atoms with Crippen LogP contribution in [0.3, 0.4) is 0 Å². The number of nitrogens with one attached hydrogen (secondary N) is 1. The van der Waals surface area contributed by atoms with Crippen LogP contribution in [-0.2, 0) is 6.18 Å². The van der Waals surface area contributed by atoms with Crippen molar-refractivity contribution in [3.05, 3.63) is 41.3 Å². The van der Waals surface area contributed by atoms with E-state index in [9.17, 15) is 49.1 Å². The highest BCUT2D eigenvalue weighted by Gasteiger charge is 2.51. The fourth-order valence-electron chi connectivity index (χ4n) is 3.47. The molecule has 37 heavy (non-hydrogen) atoms. The molecule has 0 unspecified atom stereocenters. The lowest BCUT2D eigenvalue weighted by atomic mass is 10.1. The van der Waals surface area contributed by atoms with E-state index in [4.69, 9.17) is 5.73 Å². The number of carbonyl (C=O) groups is 2. The Hall–Kier alpha value is -3.79. The number of urea groups is 1. The number of hydrogen-bond acceptors (Lipinski definition) is 5. The van der Waals surface area contributed by atoms with Gasteiger partial charge in [0.05, 0.1) is 23.3 Å². The van der Waals surface area contributed by atoms with Gasteiger partial charge in [-0.05, 0) is 32.0 Å². The van der Waals surface area contributed by atoms with Crippen molar-refractivity contribution >= 4 is 29.4 Å². The number of aromatic nitrogens is 2. The maximum Gasteiger partial charge on any atom is 0.419 e. The quantitative estimate of drug-likeness (QED) is 0.419. The van der Waals surface area contributed by atoms with Crippen LogP contribution in [0.15, 0.2) is 24.4 Å². The smallest absolute Gasteiger partial charge is 0.383 e. The first-order valence-electron chi connectivity index (χ1n) is 10.1. The molecule has 1 saturated heterocycles. The van der Waals surface area contributed by atoms with Gasteiger partial charge in [0.15, 0.2) is 0 Å². The summed E-state index contributed by atoms with van der Waals surface area (Å²) in [7, 11) is 0. The van der Waals surface area contributed by atoms with Crippen molar-refractivity contribution in [2.45, 2.75) is 44.2 Å². The summed E-state index contributed by atoms with van der Waals surface area (Å²) in [6.07, 6.45) is -13.4. The molecule has 3 N–H and O–H groups in total. The Morgan fingerprint density at radius 2 is 1.78 bits per heavy atom. The van der Waals surface area contributed by atoms with Crippen LogP contribution >= 0.6 is 0 Å². The molecule has 0 bridgehead atoms. The number of nitrogen functional groups attached to an aromatic ring is 1. The van der Waals surface area contributed by atoms with Gasteiger partial charge < -0.3 is 11.1 Å². The number of carbonyl (C=O) groups excluding carboxylic acids is 2. The molecule has 0 spiro atoms. The van der Waals surface area contributed by atoms with Gasteiger partial charge in [-0.25, -0.2) is 19.1 Å². The predicted molar refractivity (Wildman–Crippen MR) is 110 cm³/mol. The van der Waals surface area contributed by atoms with Crippen molar-refractivity contribution in [3.63, 3.8) is 0 Å². The third-order valence-corrected chi connectivity index (χ3v) is 4.98. The third kappa shape index (κ3) is 5.96. The van der Waals surface area contributed by atoms with Gasteiger partial charge >= 0.3 is 24.4 Å².